The van der Waals surface area contributed by atoms with Gasteiger partial charge >= 0.3 is 0 Å². The fraction of sp³-hybridized carbons (Fsp3) is 0.636. The molecule has 0 fully saturated rings. The fourth-order valence-corrected chi connectivity index (χ4v) is 1.37. The number of halogens is 1. The summed E-state index contributed by atoms with van der Waals surface area (Å²) in [6.07, 6.45) is 3.27. The molecule has 0 aromatic carbocycles. The van der Waals surface area contributed by atoms with Gasteiger partial charge in [0.05, 0.1) is 12.8 Å². The van der Waals surface area contributed by atoms with E-state index in [1.807, 2.05) is 0 Å². The number of nitrogens with zero attached hydrogens (tertiary/aromatic N) is 2. The minimum Gasteiger partial charge on any atom is -0.475 e. The first-order valence-corrected chi connectivity index (χ1v) is 5.50. The van der Waals surface area contributed by atoms with Crippen molar-refractivity contribution < 1.29 is 9.13 Å². The average Bonchev–Trinajstić information content (AvgIpc) is 2.28. The Labute approximate surface area is 95.3 Å². The molecule has 0 spiro atoms. The van der Waals surface area contributed by atoms with Crippen LogP contribution in [0.4, 0.5) is 10.3 Å². The third kappa shape index (κ3) is 3.64. The van der Waals surface area contributed by atoms with Crippen molar-refractivity contribution in [1.82, 2.24) is 9.97 Å². The predicted octanol–water partition coefficient (Wildman–Crippen LogP) is 2.47. The lowest BCUT2D eigenvalue weighted by Gasteiger charge is -2.12. The third-order valence-electron chi connectivity index (χ3n) is 2.22. The van der Waals surface area contributed by atoms with Crippen LogP contribution in [0.2, 0.25) is 0 Å². The van der Waals surface area contributed by atoms with E-state index in [-0.39, 0.29) is 5.88 Å². The Hall–Kier alpha value is -1.39. The highest BCUT2D eigenvalue weighted by Crippen LogP contribution is 2.16. The van der Waals surface area contributed by atoms with E-state index in [4.69, 9.17) is 4.74 Å². The monoisotopic (exact) mass is 227 g/mol. The Morgan fingerprint density at radius 3 is 2.94 bits per heavy atom. The second-order valence-corrected chi connectivity index (χ2v) is 3.80. The van der Waals surface area contributed by atoms with Gasteiger partial charge in [-0.15, -0.1) is 0 Å². The summed E-state index contributed by atoms with van der Waals surface area (Å²) < 4.78 is 18.6. The highest BCUT2D eigenvalue weighted by Gasteiger charge is 2.09. The van der Waals surface area contributed by atoms with E-state index in [1.54, 1.807) is 7.05 Å². The molecule has 1 N–H and O–H groups in total. The first kappa shape index (κ1) is 12.7. The topological polar surface area (TPSA) is 47.0 Å². The molecule has 1 unspecified atom stereocenters. The molecular weight excluding hydrogens is 209 g/mol. The van der Waals surface area contributed by atoms with Crippen molar-refractivity contribution in [2.24, 2.45) is 5.92 Å². The fourth-order valence-electron chi connectivity index (χ4n) is 1.37. The number of aromatic nitrogens is 2. The molecule has 0 radical (unpaired) electrons. The normalized spacial score (nSPS) is 12.2. The van der Waals surface area contributed by atoms with Crippen LogP contribution in [0, 0.1) is 11.7 Å². The van der Waals surface area contributed by atoms with Crippen LogP contribution in [0.1, 0.15) is 26.7 Å². The van der Waals surface area contributed by atoms with Crippen LogP contribution in [0.3, 0.4) is 0 Å². The summed E-state index contributed by atoms with van der Waals surface area (Å²) in [7, 11) is 1.68. The lowest BCUT2D eigenvalue weighted by molar-refractivity contribution is 0.232. The number of hydrogen-bond donors (Lipinski definition) is 1. The second-order valence-electron chi connectivity index (χ2n) is 3.80. The van der Waals surface area contributed by atoms with Gasteiger partial charge in [-0.25, -0.2) is 4.98 Å². The molecule has 1 heterocycles. The first-order chi connectivity index (χ1) is 7.67. The van der Waals surface area contributed by atoms with Crippen molar-refractivity contribution in [2.75, 3.05) is 19.0 Å². The van der Waals surface area contributed by atoms with Gasteiger partial charge in [0, 0.05) is 7.05 Å². The Morgan fingerprint density at radius 1 is 1.56 bits per heavy atom. The summed E-state index contributed by atoms with van der Waals surface area (Å²) in [5.74, 6) is 0.252. The van der Waals surface area contributed by atoms with Crippen molar-refractivity contribution in [3.63, 3.8) is 0 Å². The van der Waals surface area contributed by atoms with Crippen LogP contribution in [0.5, 0.6) is 5.88 Å². The Kier molecular flexibility index (Phi) is 4.95. The Morgan fingerprint density at radius 2 is 2.31 bits per heavy atom. The quantitative estimate of drug-likeness (QED) is 0.811. The third-order valence-corrected chi connectivity index (χ3v) is 2.22. The van der Waals surface area contributed by atoms with E-state index in [1.165, 1.54) is 0 Å². The largest absolute Gasteiger partial charge is 0.475 e. The standard InChI is InChI=1S/C11H18FN3O/c1-4-5-8(2)7-16-10-9(12)6-14-11(13-3)15-10/h6,8H,4-5,7H2,1-3H3,(H,13,14,15). The molecule has 0 aliphatic rings. The molecule has 0 saturated heterocycles. The van der Waals surface area contributed by atoms with E-state index in [0.717, 1.165) is 19.0 Å². The van der Waals surface area contributed by atoms with Crippen LogP contribution < -0.4 is 10.1 Å². The van der Waals surface area contributed by atoms with Crippen molar-refractivity contribution in [2.45, 2.75) is 26.7 Å². The molecule has 1 aromatic heterocycles. The maximum absolute atomic E-state index is 13.3. The zero-order valence-corrected chi connectivity index (χ0v) is 9.96. The van der Waals surface area contributed by atoms with Gasteiger partial charge in [-0.1, -0.05) is 20.3 Å². The van der Waals surface area contributed by atoms with Gasteiger partial charge in [0.25, 0.3) is 5.88 Å². The van der Waals surface area contributed by atoms with Crippen LogP contribution >= 0.6 is 0 Å². The average molecular weight is 227 g/mol. The molecule has 5 heteroatoms. The van der Waals surface area contributed by atoms with Gasteiger partial charge in [-0.2, -0.15) is 9.37 Å². The Balaban J connectivity index is 2.58. The van der Waals surface area contributed by atoms with Crippen molar-refractivity contribution >= 4 is 5.95 Å². The summed E-state index contributed by atoms with van der Waals surface area (Å²) in [6, 6.07) is 0. The maximum atomic E-state index is 13.3. The van der Waals surface area contributed by atoms with E-state index in [0.29, 0.717) is 18.5 Å². The first-order valence-electron chi connectivity index (χ1n) is 5.50. The van der Waals surface area contributed by atoms with Gasteiger partial charge < -0.3 is 10.1 Å². The summed E-state index contributed by atoms with van der Waals surface area (Å²) in [6.45, 7) is 4.66. The number of ether oxygens (including phenoxy) is 1. The lowest BCUT2D eigenvalue weighted by atomic mass is 10.1. The summed E-state index contributed by atoms with van der Waals surface area (Å²) in [5, 5.41) is 2.74. The smallest absolute Gasteiger partial charge is 0.255 e. The van der Waals surface area contributed by atoms with Crippen molar-refractivity contribution in [1.29, 1.82) is 0 Å². The number of hydrogen-bond acceptors (Lipinski definition) is 4. The summed E-state index contributed by atoms with van der Waals surface area (Å²) in [5.41, 5.74) is 0. The van der Waals surface area contributed by atoms with Crippen molar-refractivity contribution in [3.05, 3.63) is 12.0 Å². The van der Waals surface area contributed by atoms with Crippen LogP contribution in [-0.2, 0) is 0 Å². The number of rotatable bonds is 6. The molecule has 0 aliphatic carbocycles. The molecule has 90 valence electrons. The SMILES string of the molecule is CCCC(C)COc1nc(NC)ncc1F. The van der Waals surface area contributed by atoms with E-state index >= 15 is 0 Å². The molecule has 0 saturated carbocycles. The second kappa shape index (κ2) is 6.25. The minimum atomic E-state index is -0.525. The van der Waals surface area contributed by atoms with Crippen molar-refractivity contribution in [3.8, 4) is 5.88 Å². The van der Waals surface area contributed by atoms with Crippen LogP contribution in [0.25, 0.3) is 0 Å². The number of anilines is 1. The maximum Gasteiger partial charge on any atom is 0.255 e. The molecular formula is C11H18FN3O. The van der Waals surface area contributed by atoms with Gasteiger partial charge in [0.1, 0.15) is 0 Å². The van der Waals surface area contributed by atoms with Crippen LogP contribution in [0.15, 0.2) is 6.20 Å². The van der Waals surface area contributed by atoms with Gasteiger partial charge in [0.2, 0.25) is 11.8 Å². The van der Waals surface area contributed by atoms with Crippen LogP contribution in [-0.4, -0.2) is 23.6 Å². The minimum absolute atomic E-state index is 0.0160. The van der Waals surface area contributed by atoms with E-state index in [2.05, 4.69) is 29.1 Å². The molecule has 16 heavy (non-hydrogen) atoms. The molecule has 0 bridgehead atoms. The Bertz CT molecular complexity index is 333. The van der Waals surface area contributed by atoms with Gasteiger partial charge in [0.15, 0.2) is 0 Å². The lowest BCUT2D eigenvalue weighted by Crippen LogP contribution is -2.11. The molecule has 1 aromatic rings. The predicted molar refractivity (Wildman–Crippen MR) is 61.1 cm³/mol. The highest BCUT2D eigenvalue weighted by molar-refractivity contribution is 5.27. The highest BCUT2D eigenvalue weighted by atomic mass is 19.1. The van der Waals surface area contributed by atoms with E-state index in [9.17, 15) is 4.39 Å². The zero-order valence-electron chi connectivity index (χ0n) is 9.96. The molecule has 1 atom stereocenters. The van der Waals surface area contributed by atoms with Gasteiger partial charge in [-0.05, 0) is 12.3 Å². The molecule has 4 nitrogen and oxygen atoms in total. The number of nitrogens with one attached hydrogen (secondary N) is 1. The van der Waals surface area contributed by atoms with Gasteiger partial charge in [-0.3, -0.25) is 0 Å². The molecule has 1 rings (SSSR count). The zero-order chi connectivity index (χ0) is 12.0. The molecule has 0 aliphatic heterocycles. The van der Waals surface area contributed by atoms with E-state index < -0.39 is 5.82 Å². The summed E-state index contributed by atoms with van der Waals surface area (Å²) in [4.78, 5) is 7.65. The molecule has 0 amide bonds. The summed E-state index contributed by atoms with van der Waals surface area (Å²) >= 11 is 0.